The zero-order chi connectivity index (χ0) is 25.3. The van der Waals surface area contributed by atoms with Crippen molar-refractivity contribution in [2.45, 2.75) is 63.7 Å². The first-order valence-electron chi connectivity index (χ1n) is 12.6. The van der Waals surface area contributed by atoms with Gasteiger partial charge in [0.2, 0.25) is 17.7 Å². The van der Waals surface area contributed by atoms with Crippen molar-refractivity contribution in [1.82, 2.24) is 20.1 Å². The third kappa shape index (κ3) is 4.68. The normalized spacial score (nSPS) is 25.4. The number of nitriles is 1. The maximum absolute atomic E-state index is 13.3. The molecule has 3 heterocycles. The molecule has 3 amide bonds. The molecule has 5 rings (SSSR count). The molecule has 9 nitrogen and oxygen atoms in total. The molecule has 0 spiro atoms. The maximum atomic E-state index is 13.3. The Hall–Kier alpha value is -3.80. The Kier molecular flexibility index (Phi) is 6.44. The molecule has 2 N–H and O–H groups in total. The standard InChI is InChI=1S/C27H31N5O4/c1-27-14-22(26(35)30-20-11-12-31-18(16-28)9-10-21(20)31)32(23(27)15-27)25(34)17-29-24(33)8-5-13-36-19-6-3-2-4-7-19/h2-4,6-7,9-10,20,22-23H,5,8,11-15,17H2,1H3,(H,29,33)(H,30,35)/t20-,22?,23?,27?/m0/s1. The molecule has 2 aliphatic heterocycles. The second-order valence-electron chi connectivity index (χ2n) is 10.2. The molecule has 1 aromatic carbocycles. The van der Waals surface area contributed by atoms with Gasteiger partial charge < -0.3 is 24.8 Å². The van der Waals surface area contributed by atoms with Gasteiger partial charge in [-0.2, -0.15) is 5.26 Å². The highest BCUT2D eigenvalue weighted by molar-refractivity contribution is 5.92. The van der Waals surface area contributed by atoms with Gasteiger partial charge in [-0.15, -0.1) is 0 Å². The van der Waals surface area contributed by atoms with Crippen molar-refractivity contribution in [1.29, 1.82) is 5.26 Å². The number of ether oxygens (including phenoxy) is 1. The number of nitrogens with one attached hydrogen (secondary N) is 2. The van der Waals surface area contributed by atoms with Gasteiger partial charge in [0.15, 0.2) is 0 Å². The summed E-state index contributed by atoms with van der Waals surface area (Å²) >= 11 is 0. The fraction of sp³-hybridized carbons (Fsp3) is 0.481. The largest absolute Gasteiger partial charge is 0.494 e. The van der Waals surface area contributed by atoms with Crippen LogP contribution in [-0.4, -0.2) is 52.4 Å². The molecule has 3 aliphatic rings. The summed E-state index contributed by atoms with van der Waals surface area (Å²) in [6, 6.07) is 14.6. The fourth-order valence-corrected chi connectivity index (χ4v) is 5.61. The van der Waals surface area contributed by atoms with Crippen LogP contribution >= 0.6 is 0 Å². The Balaban J connectivity index is 1.11. The molecule has 1 aliphatic carbocycles. The predicted octanol–water partition coefficient (Wildman–Crippen LogP) is 2.28. The number of nitrogens with zero attached hydrogens (tertiary/aromatic N) is 3. The predicted molar refractivity (Wildman–Crippen MR) is 131 cm³/mol. The number of carbonyl (C=O) groups excluding carboxylic acids is 3. The van der Waals surface area contributed by atoms with Crippen LogP contribution in [-0.2, 0) is 20.9 Å². The van der Waals surface area contributed by atoms with E-state index in [-0.39, 0.29) is 48.2 Å². The summed E-state index contributed by atoms with van der Waals surface area (Å²) < 4.78 is 7.53. The van der Waals surface area contributed by atoms with Gasteiger partial charge in [0.05, 0.1) is 19.2 Å². The highest BCUT2D eigenvalue weighted by atomic mass is 16.5. The number of fused-ring (bicyclic) bond motifs is 2. The lowest BCUT2D eigenvalue weighted by molar-refractivity contribution is -0.140. The van der Waals surface area contributed by atoms with E-state index in [1.807, 2.05) is 41.0 Å². The molecule has 1 aromatic heterocycles. The molecule has 4 atom stereocenters. The molecule has 2 aromatic rings. The molecule has 0 radical (unpaired) electrons. The van der Waals surface area contributed by atoms with Gasteiger partial charge in [0.1, 0.15) is 23.6 Å². The van der Waals surface area contributed by atoms with Crippen LogP contribution in [0.5, 0.6) is 5.75 Å². The van der Waals surface area contributed by atoms with Crippen LogP contribution in [0, 0.1) is 16.7 Å². The molecule has 1 saturated carbocycles. The van der Waals surface area contributed by atoms with Crippen LogP contribution in [0.25, 0.3) is 0 Å². The molecule has 2 fully saturated rings. The minimum Gasteiger partial charge on any atom is -0.494 e. The number of hydrogen-bond donors (Lipinski definition) is 2. The zero-order valence-electron chi connectivity index (χ0n) is 20.4. The minimum atomic E-state index is -0.545. The van der Waals surface area contributed by atoms with Crippen LogP contribution in [0.15, 0.2) is 42.5 Å². The quantitative estimate of drug-likeness (QED) is 0.524. The summed E-state index contributed by atoms with van der Waals surface area (Å²) in [5.74, 6) is 0.158. The average molecular weight is 490 g/mol. The summed E-state index contributed by atoms with van der Waals surface area (Å²) in [6.07, 6.45) is 3.03. The molecule has 188 valence electrons. The van der Waals surface area contributed by atoms with Crippen molar-refractivity contribution in [2.24, 2.45) is 5.41 Å². The van der Waals surface area contributed by atoms with Gasteiger partial charge in [0, 0.05) is 24.7 Å². The van der Waals surface area contributed by atoms with Crippen LogP contribution in [0.2, 0.25) is 0 Å². The number of carbonyl (C=O) groups is 3. The third-order valence-electron chi connectivity index (χ3n) is 7.67. The first kappa shape index (κ1) is 23.9. The number of likely N-dealkylation sites (tertiary alicyclic amines) is 1. The van der Waals surface area contributed by atoms with Crippen molar-refractivity contribution >= 4 is 17.7 Å². The van der Waals surface area contributed by atoms with Gasteiger partial charge in [0.25, 0.3) is 0 Å². The van der Waals surface area contributed by atoms with Crippen LogP contribution in [0.1, 0.15) is 56.5 Å². The Labute approximate surface area is 210 Å². The number of piperidine rings is 1. The number of amides is 3. The number of para-hydroxylation sites is 1. The number of aromatic nitrogens is 1. The highest BCUT2D eigenvalue weighted by Crippen LogP contribution is 2.59. The van der Waals surface area contributed by atoms with E-state index >= 15 is 0 Å². The van der Waals surface area contributed by atoms with E-state index in [1.54, 1.807) is 11.0 Å². The molecule has 9 heteroatoms. The molecule has 36 heavy (non-hydrogen) atoms. The van der Waals surface area contributed by atoms with Gasteiger partial charge >= 0.3 is 0 Å². The summed E-state index contributed by atoms with van der Waals surface area (Å²) in [7, 11) is 0. The summed E-state index contributed by atoms with van der Waals surface area (Å²) in [5, 5.41) is 15.1. The monoisotopic (exact) mass is 489 g/mol. The van der Waals surface area contributed by atoms with Gasteiger partial charge in [-0.3, -0.25) is 14.4 Å². The van der Waals surface area contributed by atoms with E-state index in [1.165, 1.54) is 0 Å². The van der Waals surface area contributed by atoms with E-state index in [4.69, 9.17) is 4.74 Å². The minimum absolute atomic E-state index is 0.0366. The molecule has 1 saturated heterocycles. The Morgan fingerprint density at radius 1 is 1.17 bits per heavy atom. The van der Waals surface area contributed by atoms with Crippen molar-refractivity contribution in [2.75, 3.05) is 13.2 Å². The number of benzene rings is 1. The number of rotatable bonds is 9. The second-order valence-corrected chi connectivity index (χ2v) is 10.2. The molecule has 3 unspecified atom stereocenters. The Morgan fingerprint density at radius 3 is 2.75 bits per heavy atom. The van der Waals surface area contributed by atoms with E-state index in [0.29, 0.717) is 31.7 Å². The summed E-state index contributed by atoms with van der Waals surface area (Å²) in [6.45, 7) is 3.09. The van der Waals surface area contributed by atoms with E-state index in [9.17, 15) is 19.6 Å². The second kappa shape index (κ2) is 9.69. The van der Waals surface area contributed by atoms with Crippen molar-refractivity contribution in [3.8, 4) is 11.8 Å². The van der Waals surface area contributed by atoms with Crippen molar-refractivity contribution in [3.05, 3.63) is 53.9 Å². The Bertz CT molecular complexity index is 1200. The third-order valence-corrected chi connectivity index (χ3v) is 7.67. The lowest BCUT2D eigenvalue weighted by atomic mass is 10.0. The maximum Gasteiger partial charge on any atom is 0.243 e. The van der Waals surface area contributed by atoms with Gasteiger partial charge in [-0.25, -0.2) is 0 Å². The first-order chi connectivity index (χ1) is 17.4. The SMILES string of the molecule is CC12CC(C(=O)N[C@H]3CCn4c(C#N)ccc43)N(C(=O)CNC(=O)CCCOc3ccccc3)C1C2. The molecular formula is C27H31N5O4. The van der Waals surface area contributed by atoms with E-state index in [2.05, 4.69) is 23.6 Å². The topological polar surface area (TPSA) is 116 Å². The fourth-order valence-electron chi connectivity index (χ4n) is 5.61. The first-order valence-corrected chi connectivity index (χ1v) is 12.6. The smallest absolute Gasteiger partial charge is 0.243 e. The zero-order valence-corrected chi connectivity index (χ0v) is 20.4. The summed E-state index contributed by atoms with van der Waals surface area (Å²) in [5.41, 5.74) is 1.48. The average Bonchev–Trinajstić information content (AvgIpc) is 3.20. The number of hydrogen-bond acceptors (Lipinski definition) is 5. The van der Waals surface area contributed by atoms with Crippen LogP contribution in [0.3, 0.4) is 0 Å². The lowest BCUT2D eigenvalue weighted by Crippen LogP contribution is -2.51. The van der Waals surface area contributed by atoms with Gasteiger partial charge in [-0.05, 0) is 55.4 Å². The van der Waals surface area contributed by atoms with Crippen LogP contribution in [0.4, 0.5) is 0 Å². The van der Waals surface area contributed by atoms with E-state index < -0.39 is 6.04 Å². The van der Waals surface area contributed by atoms with Crippen LogP contribution < -0.4 is 15.4 Å². The molecule has 0 bridgehead atoms. The van der Waals surface area contributed by atoms with E-state index in [0.717, 1.165) is 24.3 Å². The van der Waals surface area contributed by atoms with Crippen molar-refractivity contribution < 1.29 is 19.1 Å². The lowest BCUT2D eigenvalue weighted by Gasteiger charge is -2.28. The summed E-state index contributed by atoms with van der Waals surface area (Å²) in [4.78, 5) is 40.3. The Morgan fingerprint density at radius 2 is 1.97 bits per heavy atom. The molecular weight excluding hydrogens is 458 g/mol. The highest BCUT2D eigenvalue weighted by Gasteiger charge is 2.64. The van der Waals surface area contributed by atoms with Crippen molar-refractivity contribution in [3.63, 3.8) is 0 Å². The van der Waals surface area contributed by atoms with Gasteiger partial charge in [-0.1, -0.05) is 25.1 Å².